The lowest BCUT2D eigenvalue weighted by Crippen LogP contribution is -2.35. The molecule has 1 aliphatic heterocycles. The van der Waals surface area contributed by atoms with Crippen LogP contribution in [0.1, 0.15) is 39.5 Å². The summed E-state index contributed by atoms with van der Waals surface area (Å²) in [6.07, 6.45) is 3.73. The zero-order valence-corrected chi connectivity index (χ0v) is 10.9. The summed E-state index contributed by atoms with van der Waals surface area (Å²) >= 11 is 0. The summed E-state index contributed by atoms with van der Waals surface area (Å²) in [5, 5.41) is 11.8. The molecule has 4 heteroatoms. The fourth-order valence-electron chi connectivity index (χ4n) is 2.24. The first-order valence-electron chi connectivity index (χ1n) is 6.69. The molecule has 1 heterocycles. The molecule has 3 atom stereocenters. The average Bonchev–Trinajstić information content (AvgIpc) is 2.82. The number of aliphatic hydroxyl groups excluding tert-OH is 1. The highest BCUT2D eigenvalue weighted by Crippen LogP contribution is 2.23. The standard InChI is InChI=1S/C13H25NO3/c1-3-12-11(6-8-17-12)13(16)14-7-4-5-10(2)9-15/h10-12,15H,3-9H2,1-2H3,(H,14,16). The highest BCUT2D eigenvalue weighted by atomic mass is 16.5. The zero-order valence-electron chi connectivity index (χ0n) is 10.9. The van der Waals surface area contributed by atoms with E-state index in [9.17, 15) is 4.79 Å². The normalized spacial score (nSPS) is 25.8. The minimum atomic E-state index is 0.0373. The number of hydrogen-bond donors (Lipinski definition) is 2. The first kappa shape index (κ1) is 14.5. The van der Waals surface area contributed by atoms with Crippen molar-refractivity contribution in [1.29, 1.82) is 0 Å². The molecule has 1 aliphatic rings. The summed E-state index contributed by atoms with van der Waals surface area (Å²) in [6, 6.07) is 0. The second kappa shape index (κ2) is 7.67. The Balaban J connectivity index is 2.16. The van der Waals surface area contributed by atoms with Gasteiger partial charge in [-0.15, -0.1) is 0 Å². The maximum atomic E-state index is 11.9. The third kappa shape index (κ3) is 4.64. The topological polar surface area (TPSA) is 58.6 Å². The van der Waals surface area contributed by atoms with Crippen molar-refractivity contribution in [3.8, 4) is 0 Å². The molecular weight excluding hydrogens is 218 g/mol. The number of carbonyl (C=O) groups excluding carboxylic acids is 1. The minimum Gasteiger partial charge on any atom is -0.396 e. The monoisotopic (exact) mass is 243 g/mol. The van der Waals surface area contributed by atoms with Crippen molar-refractivity contribution >= 4 is 5.91 Å². The molecule has 0 aromatic heterocycles. The van der Waals surface area contributed by atoms with Crippen LogP contribution < -0.4 is 5.32 Å². The van der Waals surface area contributed by atoms with E-state index in [4.69, 9.17) is 9.84 Å². The summed E-state index contributed by atoms with van der Waals surface area (Å²) in [5.41, 5.74) is 0. The van der Waals surface area contributed by atoms with Crippen molar-refractivity contribution in [2.75, 3.05) is 19.8 Å². The number of nitrogens with one attached hydrogen (secondary N) is 1. The first-order chi connectivity index (χ1) is 8.19. The van der Waals surface area contributed by atoms with Crippen molar-refractivity contribution in [3.63, 3.8) is 0 Å². The van der Waals surface area contributed by atoms with Gasteiger partial charge in [0.1, 0.15) is 0 Å². The van der Waals surface area contributed by atoms with Gasteiger partial charge in [0.05, 0.1) is 12.0 Å². The Morgan fingerprint density at radius 2 is 2.35 bits per heavy atom. The van der Waals surface area contributed by atoms with Gasteiger partial charge in [-0.25, -0.2) is 0 Å². The number of ether oxygens (including phenoxy) is 1. The third-order valence-corrected chi connectivity index (χ3v) is 3.43. The van der Waals surface area contributed by atoms with Crippen LogP contribution in [0.5, 0.6) is 0 Å². The number of aliphatic hydroxyl groups is 1. The van der Waals surface area contributed by atoms with Crippen molar-refractivity contribution in [2.45, 2.75) is 45.6 Å². The van der Waals surface area contributed by atoms with Crippen LogP contribution in [0.25, 0.3) is 0 Å². The van der Waals surface area contributed by atoms with Gasteiger partial charge in [-0.05, 0) is 31.6 Å². The van der Waals surface area contributed by atoms with Crippen LogP contribution in [-0.4, -0.2) is 36.9 Å². The minimum absolute atomic E-state index is 0.0373. The quantitative estimate of drug-likeness (QED) is 0.663. The van der Waals surface area contributed by atoms with Gasteiger partial charge in [0.15, 0.2) is 0 Å². The van der Waals surface area contributed by atoms with Crippen LogP contribution in [0.2, 0.25) is 0 Å². The van der Waals surface area contributed by atoms with Gasteiger partial charge in [-0.2, -0.15) is 0 Å². The van der Waals surface area contributed by atoms with Gasteiger partial charge >= 0.3 is 0 Å². The highest BCUT2D eigenvalue weighted by Gasteiger charge is 2.32. The lowest BCUT2D eigenvalue weighted by atomic mass is 9.98. The van der Waals surface area contributed by atoms with Crippen LogP contribution in [0.15, 0.2) is 0 Å². The van der Waals surface area contributed by atoms with E-state index >= 15 is 0 Å². The molecule has 4 nitrogen and oxygen atoms in total. The number of amides is 1. The van der Waals surface area contributed by atoms with E-state index in [0.29, 0.717) is 19.1 Å². The summed E-state index contributed by atoms with van der Waals surface area (Å²) < 4.78 is 5.50. The second-order valence-corrected chi connectivity index (χ2v) is 4.93. The summed E-state index contributed by atoms with van der Waals surface area (Å²) in [6.45, 7) is 5.70. The van der Waals surface area contributed by atoms with Crippen LogP contribution >= 0.6 is 0 Å². The highest BCUT2D eigenvalue weighted by molar-refractivity contribution is 5.79. The maximum absolute atomic E-state index is 11.9. The molecule has 0 spiro atoms. The molecule has 1 fully saturated rings. The molecule has 1 rings (SSSR count). The number of rotatable bonds is 7. The van der Waals surface area contributed by atoms with Gasteiger partial charge in [-0.1, -0.05) is 13.8 Å². The van der Waals surface area contributed by atoms with Gasteiger partial charge < -0.3 is 15.2 Å². The predicted molar refractivity (Wildman–Crippen MR) is 66.6 cm³/mol. The Morgan fingerprint density at radius 1 is 1.59 bits per heavy atom. The largest absolute Gasteiger partial charge is 0.396 e. The molecule has 0 aromatic carbocycles. The average molecular weight is 243 g/mol. The van der Waals surface area contributed by atoms with Crippen LogP contribution in [0, 0.1) is 11.8 Å². The number of carbonyl (C=O) groups is 1. The molecule has 2 N–H and O–H groups in total. The molecule has 0 radical (unpaired) electrons. The van der Waals surface area contributed by atoms with Crippen molar-refractivity contribution < 1.29 is 14.6 Å². The molecule has 17 heavy (non-hydrogen) atoms. The molecule has 0 saturated carbocycles. The lowest BCUT2D eigenvalue weighted by Gasteiger charge is -2.16. The molecule has 0 aromatic rings. The van der Waals surface area contributed by atoms with Gasteiger partial charge in [0.2, 0.25) is 5.91 Å². The molecule has 100 valence electrons. The van der Waals surface area contributed by atoms with Crippen molar-refractivity contribution in [3.05, 3.63) is 0 Å². The smallest absolute Gasteiger partial charge is 0.225 e. The van der Waals surface area contributed by atoms with Crippen molar-refractivity contribution in [1.82, 2.24) is 5.32 Å². The summed E-state index contributed by atoms with van der Waals surface area (Å²) in [7, 11) is 0. The van der Waals surface area contributed by atoms with E-state index in [-0.39, 0.29) is 24.5 Å². The Labute approximate surface area is 104 Å². The Morgan fingerprint density at radius 3 is 3.00 bits per heavy atom. The van der Waals surface area contributed by atoms with E-state index in [2.05, 4.69) is 12.2 Å². The predicted octanol–water partition coefficient (Wildman–Crippen LogP) is 1.33. The van der Waals surface area contributed by atoms with Crippen LogP contribution in [-0.2, 0) is 9.53 Å². The zero-order chi connectivity index (χ0) is 12.7. The molecule has 1 saturated heterocycles. The van der Waals surface area contributed by atoms with Crippen molar-refractivity contribution in [2.24, 2.45) is 11.8 Å². The molecule has 1 amide bonds. The first-order valence-corrected chi connectivity index (χ1v) is 6.69. The third-order valence-electron chi connectivity index (χ3n) is 3.43. The Kier molecular flexibility index (Phi) is 6.52. The van der Waals surface area contributed by atoms with Gasteiger partial charge in [0.25, 0.3) is 0 Å². The lowest BCUT2D eigenvalue weighted by molar-refractivity contribution is -0.126. The van der Waals surface area contributed by atoms with Gasteiger partial charge in [0, 0.05) is 19.8 Å². The SMILES string of the molecule is CCC1OCCC1C(=O)NCCCC(C)CO. The van der Waals surface area contributed by atoms with E-state index in [0.717, 1.165) is 25.7 Å². The van der Waals surface area contributed by atoms with E-state index < -0.39 is 0 Å². The summed E-state index contributed by atoms with van der Waals surface area (Å²) in [4.78, 5) is 11.9. The fourth-order valence-corrected chi connectivity index (χ4v) is 2.24. The van der Waals surface area contributed by atoms with Crippen LogP contribution in [0.3, 0.4) is 0 Å². The fraction of sp³-hybridized carbons (Fsp3) is 0.923. The molecule has 3 unspecified atom stereocenters. The molecule has 0 aliphatic carbocycles. The van der Waals surface area contributed by atoms with Crippen LogP contribution in [0.4, 0.5) is 0 Å². The Bertz CT molecular complexity index is 233. The maximum Gasteiger partial charge on any atom is 0.225 e. The number of hydrogen-bond acceptors (Lipinski definition) is 3. The van der Waals surface area contributed by atoms with E-state index in [1.807, 2.05) is 6.92 Å². The van der Waals surface area contributed by atoms with Gasteiger partial charge in [-0.3, -0.25) is 4.79 Å². The molecular formula is C13H25NO3. The molecule has 0 bridgehead atoms. The second-order valence-electron chi connectivity index (χ2n) is 4.93. The van der Waals surface area contributed by atoms with E-state index in [1.54, 1.807) is 0 Å². The van der Waals surface area contributed by atoms with E-state index in [1.165, 1.54) is 0 Å². The Hall–Kier alpha value is -0.610. The summed E-state index contributed by atoms with van der Waals surface area (Å²) in [5.74, 6) is 0.492.